The molecule has 0 amide bonds. The van der Waals surface area contributed by atoms with Crippen LogP contribution in [0.2, 0.25) is 0 Å². The van der Waals surface area contributed by atoms with Gasteiger partial charge < -0.3 is 4.52 Å². The maximum Gasteiger partial charge on any atom is 0.133 e. The van der Waals surface area contributed by atoms with Crippen LogP contribution in [0.3, 0.4) is 0 Å². The fraction of sp³-hybridized carbons (Fsp3) is 0.562. The van der Waals surface area contributed by atoms with Crippen molar-refractivity contribution in [3.05, 3.63) is 40.8 Å². The van der Waals surface area contributed by atoms with E-state index in [4.69, 9.17) is 9.51 Å². The van der Waals surface area contributed by atoms with E-state index in [1.54, 1.807) is 0 Å². The average Bonchev–Trinajstić information content (AvgIpc) is 3.20. The van der Waals surface area contributed by atoms with Gasteiger partial charge in [0.05, 0.1) is 11.4 Å². The van der Waals surface area contributed by atoms with Crippen LogP contribution in [0.25, 0.3) is 0 Å². The van der Waals surface area contributed by atoms with Crippen LogP contribution in [0, 0.1) is 12.8 Å². The van der Waals surface area contributed by atoms with Crippen LogP contribution in [-0.4, -0.2) is 26.6 Å². The van der Waals surface area contributed by atoms with Gasteiger partial charge in [-0.3, -0.25) is 4.90 Å². The zero-order valence-corrected chi connectivity index (χ0v) is 12.4. The molecule has 0 radical (unpaired) electrons. The first-order valence-electron chi connectivity index (χ1n) is 7.74. The molecule has 0 atom stereocenters. The lowest BCUT2D eigenvalue weighted by Crippen LogP contribution is -2.31. The lowest BCUT2D eigenvalue weighted by atomic mass is 10.1. The van der Waals surface area contributed by atoms with Gasteiger partial charge >= 0.3 is 0 Å². The van der Waals surface area contributed by atoms with Crippen LogP contribution < -0.4 is 0 Å². The number of nitrogens with zero attached hydrogens (tertiary/aromatic N) is 4. The van der Waals surface area contributed by atoms with E-state index in [0.717, 1.165) is 55.7 Å². The van der Waals surface area contributed by atoms with Gasteiger partial charge in [-0.1, -0.05) is 5.16 Å². The molecule has 5 heteroatoms. The molecule has 1 aliphatic carbocycles. The monoisotopic (exact) mass is 284 g/mol. The second-order valence-corrected chi connectivity index (χ2v) is 6.30. The Bertz CT molecular complexity index is 647. The molecule has 21 heavy (non-hydrogen) atoms. The summed E-state index contributed by atoms with van der Waals surface area (Å²) in [5.74, 6) is 2.73. The van der Waals surface area contributed by atoms with E-state index in [1.165, 1.54) is 24.1 Å². The standard InChI is InChI=1S/C16H20N4O/c1-11-6-14(19-21-11)9-20-5-4-13-8-17-16(7-12-2-3-12)18-15(13)10-20/h6,8,12H,2-5,7,9-10H2,1H3. The maximum absolute atomic E-state index is 5.14. The van der Waals surface area contributed by atoms with Gasteiger partial charge in [-0.05, 0) is 37.7 Å². The Hall–Kier alpha value is -1.75. The predicted octanol–water partition coefficient (Wildman–Crippen LogP) is 2.28. The lowest BCUT2D eigenvalue weighted by molar-refractivity contribution is 0.232. The summed E-state index contributed by atoms with van der Waals surface area (Å²) < 4.78 is 5.14. The fourth-order valence-electron chi connectivity index (χ4n) is 2.93. The summed E-state index contributed by atoms with van der Waals surface area (Å²) in [4.78, 5) is 11.7. The normalized spacial score (nSPS) is 18.7. The van der Waals surface area contributed by atoms with Crippen LogP contribution in [0.4, 0.5) is 0 Å². The van der Waals surface area contributed by atoms with Crippen LogP contribution in [0.5, 0.6) is 0 Å². The molecule has 1 aliphatic heterocycles. The summed E-state index contributed by atoms with van der Waals surface area (Å²) in [5.41, 5.74) is 3.51. The molecule has 0 spiro atoms. The molecule has 0 N–H and O–H groups in total. The topological polar surface area (TPSA) is 55.1 Å². The number of fused-ring (bicyclic) bond motifs is 1. The van der Waals surface area contributed by atoms with E-state index in [1.807, 2.05) is 19.2 Å². The zero-order chi connectivity index (χ0) is 14.2. The maximum atomic E-state index is 5.14. The third-order valence-corrected chi connectivity index (χ3v) is 4.31. The first kappa shape index (κ1) is 13.0. The largest absolute Gasteiger partial charge is 0.361 e. The van der Waals surface area contributed by atoms with Gasteiger partial charge in [0, 0.05) is 38.3 Å². The summed E-state index contributed by atoms with van der Waals surface area (Å²) in [5, 5.41) is 4.08. The Morgan fingerprint density at radius 2 is 2.29 bits per heavy atom. The highest BCUT2D eigenvalue weighted by molar-refractivity contribution is 5.21. The molecule has 0 unspecified atom stereocenters. The van der Waals surface area contributed by atoms with E-state index >= 15 is 0 Å². The van der Waals surface area contributed by atoms with Gasteiger partial charge in [-0.15, -0.1) is 0 Å². The summed E-state index contributed by atoms with van der Waals surface area (Å²) in [6, 6.07) is 2.01. The molecule has 5 nitrogen and oxygen atoms in total. The van der Waals surface area contributed by atoms with Crippen LogP contribution in [0.15, 0.2) is 16.8 Å². The molecule has 110 valence electrons. The van der Waals surface area contributed by atoms with Gasteiger partial charge in [-0.2, -0.15) is 0 Å². The molecule has 3 heterocycles. The zero-order valence-electron chi connectivity index (χ0n) is 12.4. The third kappa shape index (κ3) is 2.97. The molecule has 4 rings (SSSR count). The Kier molecular flexibility index (Phi) is 3.22. The van der Waals surface area contributed by atoms with Crippen molar-refractivity contribution in [1.29, 1.82) is 0 Å². The SMILES string of the molecule is Cc1cc(CN2CCc3cnc(CC4CC4)nc3C2)no1. The van der Waals surface area contributed by atoms with E-state index in [9.17, 15) is 0 Å². The van der Waals surface area contributed by atoms with Crippen LogP contribution in [0.1, 0.15) is 41.4 Å². The van der Waals surface area contributed by atoms with Crippen molar-refractivity contribution < 1.29 is 4.52 Å². The molecular formula is C16H20N4O. The number of aromatic nitrogens is 3. The van der Waals surface area contributed by atoms with Gasteiger partial charge in [-0.25, -0.2) is 9.97 Å². The van der Waals surface area contributed by atoms with Crippen molar-refractivity contribution in [3.8, 4) is 0 Å². The number of aryl methyl sites for hydroxylation is 1. The summed E-state index contributed by atoms with van der Waals surface area (Å²) in [6.45, 7) is 4.68. The average molecular weight is 284 g/mol. The van der Waals surface area contributed by atoms with E-state index in [-0.39, 0.29) is 0 Å². The highest BCUT2D eigenvalue weighted by Crippen LogP contribution is 2.32. The van der Waals surface area contributed by atoms with E-state index in [0.29, 0.717) is 0 Å². The van der Waals surface area contributed by atoms with Crippen molar-refractivity contribution in [1.82, 2.24) is 20.0 Å². The predicted molar refractivity (Wildman–Crippen MR) is 77.5 cm³/mol. The smallest absolute Gasteiger partial charge is 0.133 e. The molecule has 1 fully saturated rings. The molecular weight excluding hydrogens is 264 g/mol. The highest BCUT2D eigenvalue weighted by Gasteiger charge is 2.24. The molecule has 1 saturated carbocycles. The molecule has 0 aromatic carbocycles. The Morgan fingerprint density at radius 3 is 3.05 bits per heavy atom. The summed E-state index contributed by atoms with van der Waals surface area (Å²) in [7, 11) is 0. The summed E-state index contributed by atoms with van der Waals surface area (Å²) in [6.07, 6.45) is 6.80. The van der Waals surface area contributed by atoms with Gasteiger partial charge in [0.1, 0.15) is 11.6 Å². The molecule has 2 aromatic heterocycles. The lowest BCUT2D eigenvalue weighted by Gasteiger charge is -2.27. The minimum Gasteiger partial charge on any atom is -0.361 e. The van der Waals surface area contributed by atoms with Crippen molar-refractivity contribution in [2.45, 2.75) is 45.7 Å². The molecule has 0 bridgehead atoms. The second kappa shape index (κ2) is 5.22. The quantitative estimate of drug-likeness (QED) is 0.862. The van der Waals surface area contributed by atoms with Gasteiger partial charge in [0.15, 0.2) is 0 Å². The van der Waals surface area contributed by atoms with Crippen molar-refractivity contribution in [2.75, 3.05) is 6.54 Å². The first-order valence-corrected chi connectivity index (χ1v) is 7.74. The fourth-order valence-corrected chi connectivity index (χ4v) is 2.93. The highest BCUT2D eigenvalue weighted by atomic mass is 16.5. The Morgan fingerprint density at radius 1 is 1.38 bits per heavy atom. The molecule has 2 aromatic rings. The number of hydrogen-bond donors (Lipinski definition) is 0. The van der Waals surface area contributed by atoms with Crippen molar-refractivity contribution in [2.24, 2.45) is 5.92 Å². The van der Waals surface area contributed by atoms with Gasteiger partial charge in [0.25, 0.3) is 0 Å². The van der Waals surface area contributed by atoms with E-state index in [2.05, 4.69) is 15.0 Å². The number of rotatable bonds is 4. The van der Waals surface area contributed by atoms with E-state index < -0.39 is 0 Å². The Labute approximate surface area is 124 Å². The minimum atomic E-state index is 0.832. The van der Waals surface area contributed by atoms with Crippen molar-refractivity contribution >= 4 is 0 Å². The first-order chi connectivity index (χ1) is 10.3. The third-order valence-electron chi connectivity index (χ3n) is 4.31. The number of hydrogen-bond acceptors (Lipinski definition) is 5. The molecule has 2 aliphatic rings. The van der Waals surface area contributed by atoms with Crippen LogP contribution >= 0.6 is 0 Å². The minimum absolute atomic E-state index is 0.832. The van der Waals surface area contributed by atoms with Crippen molar-refractivity contribution in [3.63, 3.8) is 0 Å². The van der Waals surface area contributed by atoms with Crippen LogP contribution in [-0.2, 0) is 25.9 Å². The Balaban J connectivity index is 1.47. The molecule has 0 saturated heterocycles. The van der Waals surface area contributed by atoms with Gasteiger partial charge in [0.2, 0.25) is 0 Å². The summed E-state index contributed by atoms with van der Waals surface area (Å²) >= 11 is 0. The second-order valence-electron chi connectivity index (χ2n) is 6.30.